The van der Waals surface area contributed by atoms with Crippen molar-refractivity contribution in [3.8, 4) is 11.5 Å². The second-order valence-corrected chi connectivity index (χ2v) is 6.02. The maximum absolute atomic E-state index is 5.44. The third kappa shape index (κ3) is 2.86. The summed E-state index contributed by atoms with van der Waals surface area (Å²) in [7, 11) is 2.24. The van der Waals surface area contributed by atoms with Gasteiger partial charge in [0.1, 0.15) is 0 Å². The molecule has 1 saturated carbocycles. The summed E-state index contributed by atoms with van der Waals surface area (Å²) < 4.78 is 10.8. The zero-order valence-corrected chi connectivity index (χ0v) is 11.9. The van der Waals surface area contributed by atoms with Crippen molar-refractivity contribution in [2.45, 2.75) is 45.2 Å². The fourth-order valence-corrected chi connectivity index (χ4v) is 3.14. The monoisotopic (exact) mass is 261 g/mol. The van der Waals surface area contributed by atoms with E-state index >= 15 is 0 Å². The molecule has 0 aromatic heterocycles. The van der Waals surface area contributed by atoms with Crippen LogP contribution in [0.3, 0.4) is 0 Å². The fourth-order valence-electron chi connectivity index (χ4n) is 3.14. The average Bonchev–Trinajstić information content (AvgIpc) is 2.87. The Morgan fingerprint density at radius 1 is 1.11 bits per heavy atom. The molecule has 2 aliphatic rings. The predicted molar refractivity (Wildman–Crippen MR) is 75.5 cm³/mol. The molecule has 0 radical (unpaired) electrons. The molecule has 0 atom stereocenters. The molecule has 0 spiro atoms. The summed E-state index contributed by atoms with van der Waals surface area (Å²) in [5.41, 5.74) is 1.31. The Kier molecular flexibility index (Phi) is 3.65. The Morgan fingerprint density at radius 2 is 1.84 bits per heavy atom. The molecule has 0 bridgehead atoms. The molecule has 1 aromatic carbocycles. The van der Waals surface area contributed by atoms with Crippen molar-refractivity contribution in [2.75, 3.05) is 13.8 Å². The number of hydrogen-bond donors (Lipinski definition) is 0. The van der Waals surface area contributed by atoms with Crippen molar-refractivity contribution in [3.63, 3.8) is 0 Å². The minimum atomic E-state index is 0.356. The Morgan fingerprint density at radius 3 is 2.63 bits per heavy atom. The van der Waals surface area contributed by atoms with E-state index < -0.39 is 0 Å². The first-order valence-electron chi connectivity index (χ1n) is 7.31. The molecular weight excluding hydrogens is 238 g/mol. The largest absolute Gasteiger partial charge is 0.454 e. The van der Waals surface area contributed by atoms with Crippen LogP contribution in [0.25, 0.3) is 0 Å². The lowest BCUT2D eigenvalue weighted by Crippen LogP contribution is -2.34. The van der Waals surface area contributed by atoms with Gasteiger partial charge in [0.2, 0.25) is 6.79 Å². The minimum absolute atomic E-state index is 0.356. The molecule has 1 heterocycles. The maximum Gasteiger partial charge on any atom is 0.231 e. The van der Waals surface area contributed by atoms with E-state index in [1.165, 1.54) is 31.2 Å². The number of hydrogen-bond acceptors (Lipinski definition) is 3. The van der Waals surface area contributed by atoms with Crippen molar-refractivity contribution >= 4 is 0 Å². The SMILES string of the molecule is CN(Cc1ccc2c(c1)OCO2)[C@H]1CC[C@@H](C)CC1. The number of nitrogens with zero attached hydrogens (tertiary/aromatic N) is 1. The van der Waals surface area contributed by atoms with Crippen LogP contribution in [0.4, 0.5) is 0 Å². The summed E-state index contributed by atoms with van der Waals surface area (Å²) in [5, 5.41) is 0. The van der Waals surface area contributed by atoms with Crippen molar-refractivity contribution in [2.24, 2.45) is 5.92 Å². The molecule has 1 aliphatic carbocycles. The molecule has 19 heavy (non-hydrogen) atoms. The summed E-state index contributed by atoms with van der Waals surface area (Å²) in [4.78, 5) is 2.49. The lowest BCUT2D eigenvalue weighted by Gasteiger charge is -2.33. The van der Waals surface area contributed by atoms with Gasteiger partial charge in [-0.05, 0) is 56.3 Å². The number of ether oxygens (including phenoxy) is 2. The second kappa shape index (κ2) is 5.41. The average molecular weight is 261 g/mol. The summed E-state index contributed by atoms with van der Waals surface area (Å²) >= 11 is 0. The Balaban J connectivity index is 1.61. The molecule has 0 unspecified atom stereocenters. The molecule has 3 nitrogen and oxygen atoms in total. The van der Waals surface area contributed by atoms with Gasteiger partial charge in [0.15, 0.2) is 11.5 Å². The van der Waals surface area contributed by atoms with E-state index in [2.05, 4.69) is 31.0 Å². The first-order valence-corrected chi connectivity index (χ1v) is 7.31. The van der Waals surface area contributed by atoms with Gasteiger partial charge < -0.3 is 9.47 Å². The van der Waals surface area contributed by atoms with Gasteiger partial charge in [0.25, 0.3) is 0 Å². The molecular formula is C16H23NO2. The third-order valence-electron chi connectivity index (χ3n) is 4.48. The molecule has 1 aromatic rings. The Bertz CT molecular complexity index is 438. The van der Waals surface area contributed by atoms with Crippen LogP contribution in [0.5, 0.6) is 11.5 Å². The van der Waals surface area contributed by atoms with Crippen LogP contribution < -0.4 is 9.47 Å². The van der Waals surface area contributed by atoms with Gasteiger partial charge in [-0.15, -0.1) is 0 Å². The van der Waals surface area contributed by atoms with Crippen LogP contribution in [0.15, 0.2) is 18.2 Å². The van der Waals surface area contributed by atoms with E-state index in [9.17, 15) is 0 Å². The molecule has 0 N–H and O–H groups in total. The highest BCUT2D eigenvalue weighted by molar-refractivity contribution is 5.44. The van der Waals surface area contributed by atoms with E-state index in [1.54, 1.807) is 0 Å². The van der Waals surface area contributed by atoms with E-state index in [4.69, 9.17) is 9.47 Å². The van der Waals surface area contributed by atoms with E-state index in [-0.39, 0.29) is 0 Å². The highest BCUT2D eigenvalue weighted by Crippen LogP contribution is 2.33. The Labute approximate surface area is 115 Å². The fraction of sp³-hybridized carbons (Fsp3) is 0.625. The predicted octanol–water partition coefficient (Wildman–Crippen LogP) is 3.43. The van der Waals surface area contributed by atoms with E-state index in [1.807, 2.05) is 6.07 Å². The summed E-state index contributed by atoms with van der Waals surface area (Å²) in [6.07, 6.45) is 5.41. The highest BCUT2D eigenvalue weighted by Gasteiger charge is 2.22. The minimum Gasteiger partial charge on any atom is -0.454 e. The molecule has 0 amide bonds. The Hall–Kier alpha value is -1.22. The maximum atomic E-state index is 5.44. The standard InChI is InChI=1S/C16H23NO2/c1-12-3-6-14(7-4-12)17(2)10-13-5-8-15-16(9-13)19-11-18-15/h5,8-9,12,14H,3-4,6-7,10-11H2,1-2H3/t12-,14+. The van der Waals surface area contributed by atoms with Gasteiger partial charge in [-0.2, -0.15) is 0 Å². The van der Waals surface area contributed by atoms with Gasteiger partial charge in [0.05, 0.1) is 0 Å². The normalized spacial score (nSPS) is 25.8. The van der Waals surface area contributed by atoms with Crippen LogP contribution in [0, 0.1) is 5.92 Å². The molecule has 104 valence electrons. The van der Waals surface area contributed by atoms with Gasteiger partial charge in [-0.3, -0.25) is 4.90 Å². The molecule has 3 heteroatoms. The summed E-state index contributed by atoms with van der Waals surface area (Å²) in [6.45, 7) is 3.72. The van der Waals surface area contributed by atoms with Crippen molar-refractivity contribution in [1.82, 2.24) is 4.90 Å². The zero-order valence-electron chi connectivity index (χ0n) is 11.9. The molecule has 3 rings (SSSR count). The highest BCUT2D eigenvalue weighted by atomic mass is 16.7. The quantitative estimate of drug-likeness (QED) is 0.832. The van der Waals surface area contributed by atoms with Gasteiger partial charge in [0, 0.05) is 12.6 Å². The number of rotatable bonds is 3. The zero-order chi connectivity index (χ0) is 13.2. The van der Waals surface area contributed by atoms with Crippen LogP contribution in [-0.4, -0.2) is 24.8 Å². The van der Waals surface area contributed by atoms with Crippen molar-refractivity contribution in [1.29, 1.82) is 0 Å². The van der Waals surface area contributed by atoms with Crippen LogP contribution in [-0.2, 0) is 6.54 Å². The van der Waals surface area contributed by atoms with Crippen molar-refractivity contribution in [3.05, 3.63) is 23.8 Å². The van der Waals surface area contributed by atoms with Crippen LogP contribution in [0.2, 0.25) is 0 Å². The lowest BCUT2D eigenvalue weighted by atomic mass is 9.86. The second-order valence-electron chi connectivity index (χ2n) is 6.02. The van der Waals surface area contributed by atoms with Crippen LogP contribution in [0.1, 0.15) is 38.2 Å². The molecule has 1 fully saturated rings. The van der Waals surface area contributed by atoms with E-state index in [0.29, 0.717) is 6.79 Å². The lowest BCUT2D eigenvalue weighted by molar-refractivity contribution is 0.163. The van der Waals surface area contributed by atoms with E-state index in [0.717, 1.165) is 30.0 Å². The summed E-state index contributed by atoms with van der Waals surface area (Å²) in [6, 6.07) is 7.02. The van der Waals surface area contributed by atoms with Crippen molar-refractivity contribution < 1.29 is 9.47 Å². The van der Waals surface area contributed by atoms with Gasteiger partial charge >= 0.3 is 0 Å². The van der Waals surface area contributed by atoms with Gasteiger partial charge in [-0.1, -0.05) is 13.0 Å². The first-order chi connectivity index (χ1) is 9.22. The molecule has 0 saturated heterocycles. The smallest absolute Gasteiger partial charge is 0.231 e. The number of benzene rings is 1. The first kappa shape index (κ1) is 12.8. The number of fused-ring (bicyclic) bond motifs is 1. The molecule has 1 aliphatic heterocycles. The summed E-state index contributed by atoms with van der Waals surface area (Å²) in [5.74, 6) is 2.68. The topological polar surface area (TPSA) is 21.7 Å². The third-order valence-corrected chi connectivity index (χ3v) is 4.48. The van der Waals surface area contributed by atoms with Gasteiger partial charge in [-0.25, -0.2) is 0 Å². The van der Waals surface area contributed by atoms with Crippen LogP contribution >= 0.6 is 0 Å².